The highest BCUT2D eigenvalue weighted by atomic mass is 16.5. The summed E-state index contributed by atoms with van der Waals surface area (Å²) in [6.45, 7) is 8.54. The van der Waals surface area contributed by atoms with Crippen LogP contribution in [0.25, 0.3) is 0 Å². The molecule has 0 aliphatic rings. The number of pyridine rings is 1. The summed E-state index contributed by atoms with van der Waals surface area (Å²) in [6, 6.07) is 20.4. The van der Waals surface area contributed by atoms with E-state index in [1.54, 1.807) is 37.2 Å². The van der Waals surface area contributed by atoms with Crippen molar-refractivity contribution in [3.63, 3.8) is 0 Å². The van der Waals surface area contributed by atoms with Crippen LogP contribution in [0.2, 0.25) is 0 Å². The van der Waals surface area contributed by atoms with Crippen molar-refractivity contribution in [1.82, 2.24) is 14.1 Å². The number of methoxy groups -OCH3 is 2. The first-order chi connectivity index (χ1) is 18.6. The Morgan fingerprint density at radius 3 is 1.68 bits per heavy atom. The summed E-state index contributed by atoms with van der Waals surface area (Å²) in [6.07, 6.45) is 4.76. The maximum atomic E-state index is 13.5. The molecule has 0 atom stereocenters. The fraction of sp³-hybridized carbons (Fsp3) is 0.323. The Morgan fingerprint density at radius 2 is 1.21 bits per heavy atom. The second kappa shape index (κ2) is 15.9. The third kappa shape index (κ3) is 8.20. The molecule has 0 bridgehead atoms. The number of rotatable bonds is 9. The largest absolute Gasteiger partial charge is 0.497 e. The van der Waals surface area contributed by atoms with Gasteiger partial charge in [-0.1, -0.05) is 58.0 Å². The third-order valence-corrected chi connectivity index (χ3v) is 5.76. The highest BCUT2D eigenvalue weighted by Gasteiger charge is 2.13. The summed E-state index contributed by atoms with van der Waals surface area (Å²) in [5, 5.41) is 0. The summed E-state index contributed by atoms with van der Waals surface area (Å²) in [5.74, 6) is 1.47. The molecule has 0 unspecified atom stereocenters. The Labute approximate surface area is 225 Å². The van der Waals surface area contributed by atoms with Gasteiger partial charge in [0.1, 0.15) is 11.5 Å². The second-order valence-electron chi connectivity index (χ2n) is 7.99. The number of benzene rings is 2. The van der Waals surface area contributed by atoms with E-state index in [4.69, 9.17) is 9.47 Å². The normalized spacial score (nSPS) is 9.95. The van der Waals surface area contributed by atoms with E-state index in [0.29, 0.717) is 25.1 Å². The zero-order chi connectivity index (χ0) is 27.9. The third-order valence-electron chi connectivity index (χ3n) is 5.76. The molecule has 4 rings (SSSR count). The van der Waals surface area contributed by atoms with Crippen molar-refractivity contribution in [3.05, 3.63) is 122 Å². The summed E-state index contributed by atoms with van der Waals surface area (Å²) >= 11 is 0. The molecular weight excluding hydrogens is 478 g/mol. The highest BCUT2D eigenvalue weighted by molar-refractivity contribution is 5.29. The van der Waals surface area contributed by atoms with Crippen molar-refractivity contribution >= 4 is 0 Å². The smallest absolute Gasteiger partial charge is 0.331 e. The Balaban J connectivity index is 0.00000121. The van der Waals surface area contributed by atoms with Crippen LogP contribution in [0.4, 0.5) is 0 Å². The van der Waals surface area contributed by atoms with Gasteiger partial charge < -0.3 is 9.47 Å². The standard InChI is InChI=1S/C27H27N3O4.2C2H6/c1-33-24-11-6-21(7-12-24)18-29-23(10-5-20-4-3-15-28-17-20)16-26(31)30(27(29)32)19-22-8-13-25(34-2)14-9-22;2*1-2/h3-4,6-9,11-17H,5,10,18-19H2,1-2H3;2*1-2H3. The number of aryl methyl sites for hydroxylation is 2. The molecule has 0 aliphatic heterocycles. The van der Waals surface area contributed by atoms with Crippen molar-refractivity contribution in [2.75, 3.05) is 14.2 Å². The van der Waals surface area contributed by atoms with Crippen LogP contribution in [-0.4, -0.2) is 28.3 Å². The van der Waals surface area contributed by atoms with E-state index < -0.39 is 0 Å². The average Bonchev–Trinajstić information content (AvgIpc) is 2.99. The molecule has 0 fully saturated rings. The predicted molar refractivity (Wildman–Crippen MR) is 153 cm³/mol. The van der Waals surface area contributed by atoms with Gasteiger partial charge in [0, 0.05) is 24.2 Å². The van der Waals surface area contributed by atoms with Crippen molar-refractivity contribution in [1.29, 1.82) is 0 Å². The molecule has 202 valence electrons. The van der Waals surface area contributed by atoms with Crippen LogP contribution in [0.3, 0.4) is 0 Å². The minimum Gasteiger partial charge on any atom is -0.497 e. The predicted octanol–water partition coefficient (Wildman–Crippen LogP) is 5.36. The molecule has 2 aromatic carbocycles. The number of ether oxygens (including phenoxy) is 2. The van der Waals surface area contributed by atoms with E-state index in [-0.39, 0.29) is 17.8 Å². The minimum atomic E-state index is -0.333. The average molecular weight is 518 g/mol. The molecule has 7 heteroatoms. The van der Waals surface area contributed by atoms with Crippen molar-refractivity contribution in [2.24, 2.45) is 0 Å². The number of hydrogen-bond acceptors (Lipinski definition) is 5. The van der Waals surface area contributed by atoms with E-state index in [1.165, 1.54) is 4.57 Å². The summed E-state index contributed by atoms with van der Waals surface area (Å²) < 4.78 is 13.4. The summed E-state index contributed by atoms with van der Waals surface area (Å²) in [4.78, 5) is 30.7. The van der Waals surface area contributed by atoms with Gasteiger partial charge in [-0.3, -0.25) is 18.9 Å². The van der Waals surface area contributed by atoms with E-state index >= 15 is 0 Å². The lowest BCUT2D eigenvalue weighted by molar-refractivity contribution is 0.414. The van der Waals surface area contributed by atoms with Crippen molar-refractivity contribution in [3.8, 4) is 11.5 Å². The molecule has 2 aromatic heterocycles. The lowest BCUT2D eigenvalue weighted by Crippen LogP contribution is -2.41. The van der Waals surface area contributed by atoms with Crippen LogP contribution < -0.4 is 20.7 Å². The first-order valence-corrected chi connectivity index (χ1v) is 13.1. The molecule has 0 aliphatic carbocycles. The zero-order valence-corrected chi connectivity index (χ0v) is 23.3. The van der Waals surface area contributed by atoms with Crippen LogP contribution in [0.1, 0.15) is 50.1 Å². The molecule has 0 saturated heterocycles. The summed E-state index contributed by atoms with van der Waals surface area (Å²) in [7, 11) is 3.21. The maximum absolute atomic E-state index is 13.5. The fourth-order valence-corrected chi connectivity index (χ4v) is 3.83. The SMILES string of the molecule is CC.CC.COc1ccc(Cn2c(CCc3cccnc3)cc(=O)n(Cc3ccc(OC)cc3)c2=O)cc1. The van der Waals surface area contributed by atoms with Gasteiger partial charge in [0.15, 0.2) is 0 Å². The van der Waals surface area contributed by atoms with Gasteiger partial charge in [0.2, 0.25) is 0 Å². The van der Waals surface area contributed by atoms with Gasteiger partial charge in [-0.25, -0.2) is 4.79 Å². The topological polar surface area (TPSA) is 75.3 Å². The van der Waals surface area contributed by atoms with E-state index in [0.717, 1.165) is 28.2 Å². The lowest BCUT2D eigenvalue weighted by atomic mass is 10.1. The van der Waals surface area contributed by atoms with Gasteiger partial charge in [-0.15, -0.1) is 0 Å². The molecule has 0 spiro atoms. The molecule has 4 aromatic rings. The summed E-state index contributed by atoms with van der Waals surface area (Å²) in [5.41, 5.74) is 2.89. The Morgan fingerprint density at radius 1 is 0.684 bits per heavy atom. The molecule has 38 heavy (non-hydrogen) atoms. The van der Waals surface area contributed by atoms with E-state index in [9.17, 15) is 9.59 Å². The number of nitrogens with zero attached hydrogens (tertiary/aromatic N) is 3. The lowest BCUT2D eigenvalue weighted by Gasteiger charge is -2.16. The number of aromatic nitrogens is 3. The molecule has 0 N–H and O–H groups in total. The Kier molecular flexibility index (Phi) is 12.6. The monoisotopic (exact) mass is 517 g/mol. The second-order valence-corrected chi connectivity index (χ2v) is 7.99. The van der Waals surface area contributed by atoms with Gasteiger partial charge >= 0.3 is 5.69 Å². The maximum Gasteiger partial charge on any atom is 0.331 e. The number of hydrogen-bond donors (Lipinski definition) is 0. The van der Waals surface area contributed by atoms with Crippen LogP contribution in [-0.2, 0) is 25.9 Å². The van der Waals surface area contributed by atoms with Gasteiger partial charge in [0.25, 0.3) is 5.56 Å². The first kappa shape index (κ1) is 30.1. The Hall–Kier alpha value is -4.13. The van der Waals surface area contributed by atoms with E-state index in [1.807, 2.05) is 88.4 Å². The highest BCUT2D eigenvalue weighted by Crippen LogP contribution is 2.14. The quantitative estimate of drug-likeness (QED) is 0.299. The van der Waals surface area contributed by atoms with Crippen LogP contribution >= 0.6 is 0 Å². The zero-order valence-electron chi connectivity index (χ0n) is 23.3. The van der Waals surface area contributed by atoms with Crippen LogP contribution in [0.5, 0.6) is 11.5 Å². The molecule has 0 amide bonds. The van der Waals surface area contributed by atoms with Crippen molar-refractivity contribution in [2.45, 2.75) is 53.6 Å². The van der Waals surface area contributed by atoms with Crippen LogP contribution in [0.15, 0.2) is 88.7 Å². The molecule has 0 radical (unpaired) electrons. The molecule has 7 nitrogen and oxygen atoms in total. The van der Waals surface area contributed by atoms with Crippen molar-refractivity contribution < 1.29 is 9.47 Å². The Bertz CT molecular complexity index is 1340. The molecular formula is C31H39N3O4. The van der Waals surface area contributed by atoms with Gasteiger partial charge in [0.05, 0.1) is 27.3 Å². The van der Waals surface area contributed by atoms with Gasteiger partial charge in [-0.2, -0.15) is 0 Å². The fourth-order valence-electron chi connectivity index (χ4n) is 3.83. The first-order valence-electron chi connectivity index (χ1n) is 13.1. The van der Waals surface area contributed by atoms with Crippen LogP contribution in [0, 0.1) is 0 Å². The minimum absolute atomic E-state index is 0.188. The molecule has 0 saturated carbocycles. The molecule has 2 heterocycles. The van der Waals surface area contributed by atoms with Gasteiger partial charge in [-0.05, 0) is 59.9 Å². The van der Waals surface area contributed by atoms with E-state index in [2.05, 4.69) is 4.98 Å².